The van der Waals surface area contributed by atoms with Gasteiger partial charge >= 0.3 is 5.97 Å². The van der Waals surface area contributed by atoms with Gasteiger partial charge in [-0.1, -0.05) is 49.9 Å². The fraction of sp³-hybridized carbons (Fsp3) is 0.207. The highest BCUT2D eigenvalue weighted by Crippen LogP contribution is 2.13. The van der Waals surface area contributed by atoms with E-state index in [2.05, 4.69) is 30.6 Å². The van der Waals surface area contributed by atoms with Crippen LogP contribution in [-0.2, 0) is 0 Å². The highest BCUT2D eigenvalue weighted by atomic mass is 16.5. The average Bonchev–Trinajstić information content (AvgIpc) is 2.83. The smallest absolute Gasteiger partial charge is 0.335 e. The summed E-state index contributed by atoms with van der Waals surface area (Å²) in [6.45, 7) is 2.96. The van der Waals surface area contributed by atoms with Gasteiger partial charge in [0.1, 0.15) is 5.75 Å². The second-order valence-electron chi connectivity index (χ2n) is 7.39. The van der Waals surface area contributed by atoms with Gasteiger partial charge in [-0.3, -0.25) is 0 Å². The molecule has 0 unspecified atom stereocenters. The van der Waals surface area contributed by atoms with E-state index in [0.717, 1.165) is 41.0 Å². The van der Waals surface area contributed by atoms with Crippen molar-refractivity contribution in [2.24, 2.45) is 0 Å². The largest absolute Gasteiger partial charge is 0.494 e. The van der Waals surface area contributed by atoms with Crippen LogP contribution < -0.4 is 4.74 Å². The van der Waals surface area contributed by atoms with Crippen molar-refractivity contribution in [3.63, 3.8) is 0 Å². The van der Waals surface area contributed by atoms with Gasteiger partial charge in [0.25, 0.3) is 0 Å². The van der Waals surface area contributed by atoms with Crippen LogP contribution in [-0.4, -0.2) is 17.7 Å². The summed E-state index contributed by atoms with van der Waals surface area (Å²) in [7, 11) is 0. The first-order chi connectivity index (χ1) is 15.6. The van der Waals surface area contributed by atoms with Crippen molar-refractivity contribution in [3.8, 4) is 29.4 Å². The molecule has 0 aromatic heterocycles. The summed E-state index contributed by atoms with van der Waals surface area (Å²) in [6.07, 6.45) is 4.79. The van der Waals surface area contributed by atoms with Crippen LogP contribution in [0.2, 0.25) is 0 Å². The summed E-state index contributed by atoms with van der Waals surface area (Å²) in [5.74, 6) is 12.4. The maximum Gasteiger partial charge on any atom is 0.335 e. The number of unbranched alkanes of at least 4 members (excludes halogenated alkanes) is 3. The van der Waals surface area contributed by atoms with Gasteiger partial charge in [0.2, 0.25) is 0 Å². The Labute approximate surface area is 190 Å². The molecule has 0 saturated carbocycles. The maximum absolute atomic E-state index is 10.9. The molecule has 0 aliphatic heterocycles. The topological polar surface area (TPSA) is 46.5 Å². The van der Waals surface area contributed by atoms with Gasteiger partial charge in [0, 0.05) is 22.3 Å². The number of hydrogen-bond acceptors (Lipinski definition) is 2. The number of aromatic carboxylic acids is 1. The summed E-state index contributed by atoms with van der Waals surface area (Å²) in [5, 5.41) is 8.94. The van der Waals surface area contributed by atoms with Gasteiger partial charge in [-0.2, -0.15) is 0 Å². The highest BCUT2D eigenvalue weighted by molar-refractivity contribution is 5.87. The van der Waals surface area contributed by atoms with Crippen molar-refractivity contribution in [1.29, 1.82) is 0 Å². The molecule has 32 heavy (non-hydrogen) atoms. The molecule has 0 aliphatic carbocycles. The summed E-state index contributed by atoms with van der Waals surface area (Å²) >= 11 is 0. The summed E-state index contributed by atoms with van der Waals surface area (Å²) in [4.78, 5) is 10.9. The van der Waals surface area contributed by atoms with Crippen molar-refractivity contribution >= 4 is 5.97 Å². The Morgan fingerprint density at radius 1 is 0.688 bits per heavy atom. The molecular formula is C29H26O3. The van der Waals surface area contributed by atoms with E-state index in [1.807, 2.05) is 48.5 Å². The SMILES string of the molecule is CCCCCCOc1ccc(C#Cc2ccc(C#Cc3ccc(C(=O)O)cc3)cc2)cc1. The van der Waals surface area contributed by atoms with E-state index < -0.39 is 5.97 Å². The molecule has 0 amide bonds. The van der Waals surface area contributed by atoms with E-state index in [9.17, 15) is 4.79 Å². The van der Waals surface area contributed by atoms with Crippen LogP contribution in [0.25, 0.3) is 0 Å². The number of hydrogen-bond donors (Lipinski definition) is 1. The molecule has 0 radical (unpaired) electrons. The molecule has 3 heteroatoms. The number of benzene rings is 3. The lowest BCUT2D eigenvalue weighted by Crippen LogP contribution is -1.96. The summed E-state index contributed by atoms with van der Waals surface area (Å²) < 4.78 is 5.77. The molecule has 0 bridgehead atoms. The third kappa shape index (κ3) is 7.38. The van der Waals surface area contributed by atoms with Crippen LogP contribution in [0.5, 0.6) is 5.75 Å². The van der Waals surface area contributed by atoms with Crippen LogP contribution >= 0.6 is 0 Å². The lowest BCUT2D eigenvalue weighted by Gasteiger charge is -2.05. The monoisotopic (exact) mass is 422 g/mol. The summed E-state index contributed by atoms with van der Waals surface area (Å²) in [5.41, 5.74) is 3.75. The molecular weight excluding hydrogens is 396 g/mol. The first-order valence-electron chi connectivity index (χ1n) is 10.8. The van der Waals surface area contributed by atoms with E-state index in [-0.39, 0.29) is 5.56 Å². The Bertz CT molecular complexity index is 1130. The number of ether oxygens (including phenoxy) is 1. The minimum Gasteiger partial charge on any atom is -0.494 e. The van der Waals surface area contributed by atoms with Gasteiger partial charge < -0.3 is 9.84 Å². The van der Waals surface area contributed by atoms with Gasteiger partial charge in [0.05, 0.1) is 12.2 Å². The fourth-order valence-electron chi connectivity index (χ4n) is 2.98. The van der Waals surface area contributed by atoms with Crippen molar-refractivity contribution in [1.82, 2.24) is 0 Å². The highest BCUT2D eigenvalue weighted by Gasteiger charge is 2.00. The first-order valence-corrected chi connectivity index (χ1v) is 10.8. The first kappa shape index (κ1) is 22.7. The predicted molar refractivity (Wildman–Crippen MR) is 128 cm³/mol. The maximum atomic E-state index is 10.9. The summed E-state index contributed by atoms with van der Waals surface area (Å²) in [6, 6.07) is 22.1. The van der Waals surface area contributed by atoms with Crippen molar-refractivity contribution < 1.29 is 14.6 Å². The van der Waals surface area contributed by atoms with Crippen molar-refractivity contribution in [3.05, 3.63) is 101 Å². The Kier molecular flexibility index (Phi) is 8.55. The van der Waals surface area contributed by atoms with Crippen LogP contribution in [0.3, 0.4) is 0 Å². The lowest BCUT2D eigenvalue weighted by molar-refractivity contribution is 0.0697. The van der Waals surface area contributed by atoms with Gasteiger partial charge in [-0.15, -0.1) is 0 Å². The fourth-order valence-corrected chi connectivity index (χ4v) is 2.98. The van der Waals surface area contributed by atoms with Crippen LogP contribution in [0, 0.1) is 23.7 Å². The third-order valence-corrected chi connectivity index (χ3v) is 4.84. The van der Waals surface area contributed by atoms with Gasteiger partial charge in [0.15, 0.2) is 0 Å². The minimum atomic E-state index is -0.941. The second kappa shape index (κ2) is 12.0. The predicted octanol–water partition coefficient (Wildman–Crippen LogP) is 6.14. The Hall–Kier alpha value is -3.95. The molecule has 160 valence electrons. The van der Waals surface area contributed by atoms with E-state index in [4.69, 9.17) is 9.84 Å². The number of rotatable bonds is 7. The van der Waals surface area contributed by atoms with E-state index >= 15 is 0 Å². The normalized spacial score (nSPS) is 9.78. The molecule has 0 spiro atoms. The van der Waals surface area contributed by atoms with Crippen molar-refractivity contribution in [2.75, 3.05) is 6.61 Å². The second-order valence-corrected chi connectivity index (χ2v) is 7.39. The third-order valence-electron chi connectivity index (χ3n) is 4.84. The number of carboxylic acid groups (broad SMARTS) is 1. The van der Waals surface area contributed by atoms with Crippen LogP contribution in [0.15, 0.2) is 72.8 Å². The molecule has 1 N–H and O–H groups in total. The molecule has 3 rings (SSSR count). The molecule has 0 fully saturated rings. The van der Waals surface area contributed by atoms with E-state index in [1.165, 1.54) is 19.3 Å². The Morgan fingerprint density at radius 2 is 1.12 bits per heavy atom. The van der Waals surface area contributed by atoms with E-state index in [0.29, 0.717) is 0 Å². The molecule has 0 heterocycles. The molecule has 0 atom stereocenters. The quantitative estimate of drug-likeness (QED) is 0.367. The van der Waals surface area contributed by atoms with Gasteiger partial charge in [-0.05, 0) is 79.2 Å². The molecule has 0 aliphatic rings. The zero-order chi connectivity index (χ0) is 22.6. The number of carbonyl (C=O) groups is 1. The van der Waals surface area contributed by atoms with Gasteiger partial charge in [-0.25, -0.2) is 4.79 Å². The molecule has 0 saturated heterocycles. The van der Waals surface area contributed by atoms with Crippen LogP contribution in [0.1, 0.15) is 65.2 Å². The molecule has 3 aromatic carbocycles. The molecule has 3 aromatic rings. The minimum absolute atomic E-state index is 0.253. The lowest BCUT2D eigenvalue weighted by atomic mass is 10.1. The van der Waals surface area contributed by atoms with E-state index in [1.54, 1.807) is 24.3 Å². The van der Waals surface area contributed by atoms with Crippen LogP contribution in [0.4, 0.5) is 0 Å². The standard InChI is InChI=1S/C29H26O3/c1-2-3-4-5-22-32-28-20-16-26(17-21-28)13-11-24-8-6-23(7-9-24)10-12-25-14-18-27(19-15-25)29(30)31/h6-9,14-21H,2-5,22H2,1H3,(H,30,31). The Morgan fingerprint density at radius 3 is 1.56 bits per heavy atom. The van der Waals surface area contributed by atoms with Crippen molar-refractivity contribution in [2.45, 2.75) is 32.6 Å². The molecule has 3 nitrogen and oxygen atoms in total. The zero-order valence-electron chi connectivity index (χ0n) is 18.2. The zero-order valence-corrected chi connectivity index (χ0v) is 18.2. The average molecular weight is 423 g/mol. The Balaban J connectivity index is 1.54. The number of carboxylic acids is 1.